The molecule has 1 aromatic carbocycles. The molecule has 0 fully saturated rings. The Labute approximate surface area is 126 Å². The number of esters is 1. The molecule has 0 aliphatic carbocycles. The first-order valence-electron chi connectivity index (χ1n) is 5.55. The zero-order valence-electron chi connectivity index (χ0n) is 10.7. The van der Waals surface area contributed by atoms with Crippen molar-refractivity contribution in [3.05, 3.63) is 28.3 Å². The van der Waals surface area contributed by atoms with E-state index >= 15 is 0 Å². The van der Waals surface area contributed by atoms with E-state index in [9.17, 15) is 28.1 Å². The van der Waals surface area contributed by atoms with Gasteiger partial charge >= 0.3 is 11.5 Å². The third-order valence-corrected chi connectivity index (χ3v) is 3.77. The summed E-state index contributed by atoms with van der Waals surface area (Å²) in [6.07, 6.45) is 0. The minimum absolute atomic E-state index is 0.111. The van der Waals surface area contributed by atoms with Crippen LogP contribution in [0.15, 0.2) is 28.0 Å². The Balaban J connectivity index is 2.89. The van der Waals surface area contributed by atoms with Crippen molar-refractivity contribution < 1.29 is 27.6 Å². The van der Waals surface area contributed by atoms with Gasteiger partial charge in [0.15, 0.2) is 0 Å². The van der Waals surface area contributed by atoms with Crippen molar-refractivity contribution in [1.82, 2.24) is 0 Å². The Hall–Kier alpha value is -1.42. The van der Waals surface area contributed by atoms with E-state index in [0.29, 0.717) is 0 Å². The monoisotopic (exact) mass is 341 g/mol. The predicted molar refractivity (Wildman–Crippen MR) is 72.4 cm³/mol. The second kappa shape index (κ2) is 7.55. The largest absolute Gasteiger partial charge is 0.465 e. The standard InChI is InChI=1S/C11H10F3NO4S2/c1-2-19-10(16)6-20-9-4-3-7(21-11(12,13)14)5-8(9)15(17)18/h3-5H,2,6H2,1H3. The van der Waals surface area contributed by atoms with E-state index in [1.54, 1.807) is 6.92 Å². The maximum atomic E-state index is 12.2. The molecular weight excluding hydrogens is 331 g/mol. The molecule has 10 heteroatoms. The number of carbonyl (C=O) groups is 1. The van der Waals surface area contributed by atoms with Gasteiger partial charge < -0.3 is 4.74 Å². The van der Waals surface area contributed by atoms with Gasteiger partial charge in [0.05, 0.1) is 22.2 Å². The molecule has 0 spiro atoms. The summed E-state index contributed by atoms with van der Waals surface area (Å²) in [5, 5.41) is 10.9. The van der Waals surface area contributed by atoms with Crippen LogP contribution < -0.4 is 0 Å². The molecule has 0 aromatic heterocycles. The Morgan fingerprint density at radius 3 is 2.62 bits per heavy atom. The van der Waals surface area contributed by atoms with Gasteiger partial charge in [-0.15, -0.1) is 11.8 Å². The van der Waals surface area contributed by atoms with E-state index in [4.69, 9.17) is 0 Å². The van der Waals surface area contributed by atoms with E-state index in [0.717, 1.165) is 23.9 Å². The summed E-state index contributed by atoms with van der Waals surface area (Å²) in [5.41, 5.74) is -4.99. The van der Waals surface area contributed by atoms with Gasteiger partial charge in [0.1, 0.15) is 0 Å². The minimum Gasteiger partial charge on any atom is -0.465 e. The van der Waals surface area contributed by atoms with Gasteiger partial charge in [-0.3, -0.25) is 14.9 Å². The van der Waals surface area contributed by atoms with Gasteiger partial charge in [-0.1, -0.05) is 0 Å². The molecule has 5 nitrogen and oxygen atoms in total. The van der Waals surface area contributed by atoms with Crippen LogP contribution in [-0.4, -0.2) is 28.8 Å². The zero-order valence-corrected chi connectivity index (χ0v) is 12.3. The van der Waals surface area contributed by atoms with Crippen LogP contribution in [0.5, 0.6) is 0 Å². The molecule has 0 radical (unpaired) electrons. The van der Waals surface area contributed by atoms with E-state index in [-0.39, 0.29) is 22.2 Å². The zero-order chi connectivity index (χ0) is 16.0. The third-order valence-electron chi connectivity index (χ3n) is 2.01. The molecule has 0 saturated carbocycles. The summed E-state index contributed by atoms with van der Waals surface area (Å²) in [5.74, 6) is -0.703. The molecule has 0 atom stereocenters. The Kier molecular flexibility index (Phi) is 6.34. The van der Waals surface area contributed by atoms with Gasteiger partial charge in [0.25, 0.3) is 5.69 Å². The summed E-state index contributed by atoms with van der Waals surface area (Å²) in [7, 11) is 0. The molecule has 1 rings (SSSR count). The minimum atomic E-state index is -4.52. The summed E-state index contributed by atoms with van der Waals surface area (Å²) < 4.78 is 41.4. The summed E-state index contributed by atoms with van der Waals surface area (Å²) in [4.78, 5) is 21.1. The molecular formula is C11H10F3NO4S2. The number of carbonyl (C=O) groups excluding carboxylic acids is 1. The van der Waals surface area contributed by atoms with Crippen LogP contribution in [0.25, 0.3) is 0 Å². The highest BCUT2D eigenvalue weighted by atomic mass is 32.2. The van der Waals surface area contributed by atoms with Crippen molar-refractivity contribution in [3.8, 4) is 0 Å². The number of ether oxygens (including phenoxy) is 1. The predicted octanol–water partition coefficient (Wildman–Crippen LogP) is 3.86. The SMILES string of the molecule is CCOC(=O)CSc1ccc(SC(F)(F)F)cc1[N+](=O)[O-]. The number of thioether (sulfide) groups is 2. The lowest BCUT2D eigenvalue weighted by Crippen LogP contribution is -2.06. The van der Waals surface area contributed by atoms with Crippen LogP contribution >= 0.6 is 23.5 Å². The normalized spacial score (nSPS) is 11.2. The summed E-state index contributed by atoms with van der Waals surface area (Å²) >= 11 is 0.412. The maximum Gasteiger partial charge on any atom is 0.446 e. The van der Waals surface area contributed by atoms with E-state index < -0.39 is 33.9 Å². The number of rotatable bonds is 6. The highest BCUT2D eigenvalue weighted by Crippen LogP contribution is 2.40. The van der Waals surface area contributed by atoms with Crippen LogP contribution in [0.1, 0.15) is 6.92 Å². The average molecular weight is 341 g/mol. The molecule has 0 N–H and O–H groups in total. The number of nitro groups is 1. The second-order valence-corrected chi connectivity index (χ2v) is 5.68. The fraction of sp³-hybridized carbons (Fsp3) is 0.364. The number of nitro benzene ring substituents is 1. The maximum absolute atomic E-state index is 12.2. The summed E-state index contributed by atoms with van der Waals surface area (Å²) in [6, 6.07) is 3.15. The van der Waals surface area contributed by atoms with Crippen molar-refractivity contribution >= 4 is 35.2 Å². The summed E-state index contributed by atoms with van der Waals surface area (Å²) in [6.45, 7) is 1.80. The molecule has 0 saturated heterocycles. The average Bonchev–Trinajstić information content (AvgIpc) is 2.35. The second-order valence-electron chi connectivity index (χ2n) is 3.53. The molecule has 0 bridgehead atoms. The highest BCUT2D eigenvalue weighted by molar-refractivity contribution is 8.00. The molecule has 0 amide bonds. The lowest BCUT2D eigenvalue weighted by molar-refractivity contribution is -0.387. The van der Waals surface area contributed by atoms with Gasteiger partial charge in [-0.2, -0.15) is 13.2 Å². The van der Waals surface area contributed by atoms with Crippen LogP contribution in [0.3, 0.4) is 0 Å². The molecule has 0 aliphatic rings. The molecule has 0 aliphatic heterocycles. The number of alkyl halides is 3. The van der Waals surface area contributed by atoms with Crippen LogP contribution in [0.4, 0.5) is 18.9 Å². The number of hydrogen-bond donors (Lipinski definition) is 0. The Bertz CT molecular complexity index is 537. The van der Waals surface area contributed by atoms with E-state index in [2.05, 4.69) is 4.74 Å². The van der Waals surface area contributed by atoms with E-state index in [1.165, 1.54) is 6.07 Å². The molecule has 0 unspecified atom stereocenters. The van der Waals surface area contributed by atoms with Crippen molar-refractivity contribution in [2.45, 2.75) is 22.2 Å². The smallest absolute Gasteiger partial charge is 0.446 e. The number of halogens is 3. The van der Waals surface area contributed by atoms with Crippen LogP contribution in [0, 0.1) is 10.1 Å². The van der Waals surface area contributed by atoms with Crippen LogP contribution in [0.2, 0.25) is 0 Å². The first kappa shape index (κ1) is 17.6. The third kappa shape index (κ3) is 6.25. The molecule has 21 heavy (non-hydrogen) atoms. The Morgan fingerprint density at radius 1 is 1.43 bits per heavy atom. The number of nitrogens with zero attached hydrogens (tertiary/aromatic N) is 1. The molecule has 116 valence electrons. The van der Waals surface area contributed by atoms with Gasteiger partial charge in [0.2, 0.25) is 0 Å². The first-order valence-corrected chi connectivity index (χ1v) is 7.35. The van der Waals surface area contributed by atoms with Crippen molar-refractivity contribution in [2.75, 3.05) is 12.4 Å². The van der Waals surface area contributed by atoms with Gasteiger partial charge in [0, 0.05) is 11.0 Å². The van der Waals surface area contributed by atoms with Crippen molar-refractivity contribution in [1.29, 1.82) is 0 Å². The van der Waals surface area contributed by atoms with Crippen LogP contribution in [-0.2, 0) is 9.53 Å². The first-order chi connectivity index (χ1) is 9.73. The quantitative estimate of drug-likeness (QED) is 0.339. The van der Waals surface area contributed by atoms with Crippen molar-refractivity contribution in [2.24, 2.45) is 0 Å². The fourth-order valence-corrected chi connectivity index (χ4v) is 2.67. The van der Waals surface area contributed by atoms with Gasteiger partial charge in [-0.05, 0) is 30.8 Å². The van der Waals surface area contributed by atoms with E-state index in [1.807, 2.05) is 0 Å². The lowest BCUT2D eigenvalue weighted by Gasteiger charge is -2.07. The molecule has 0 heterocycles. The molecule has 1 aromatic rings. The number of hydrogen-bond acceptors (Lipinski definition) is 6. The topological polar surface area (TPSA) is 69.4 Å². The number of benzene rings is 1. The highest BCUT2D eigenvalue weighted by Gasteiger charge is 2.30. The van der Waals surface area contributed by atoms with Crippen molar-refractivity contribution in [3.63, 3.8) is 0 Å². The fourth-order valence-electron chi connectivity index (χ4n) is 1.30. The lowest BCUT2D eigenvalue weighted by atomic mass is 10.3. The van der Waals surface area contributed by atoms with Gasteiger partial charge in [-0.25, -0.2) is 0 Å². The Morgan fingerprint density at radius 2 is 2.10 bits per heavy atom.